The summed E-state index contributed by atoms with van der Waals surface area (Å²) in [4.78, 5) is 28.4. The SMILES string of the molecule is CC(C)CN1C[C@@H](C(=O)NCc2ccc(F)cc2)C[C@@H](C(=O)Nc2ccc3c(c2)CCC3)C1. The number of nitrogens with one attached hydrogen (secondary N) is 2. The van der Waals surface area contributed by atoms with Crippen LogP contribution in [0.3, 0.4) is 0 Å². The molecule has 2 atom stereocenters. The Kier molecular flexibility index (Phi) is 7.43. The molecule has 0 aromatic heterocycles. The highest BCUT2D eigenvalue weighted by atomic mass is 19.1. The average Bonchev–Trinajstić information content (AvgIpc) is 3.25. The first-order valence-electron chi connectivity index (χ1n) is 12.0. The van der Waals surface area contributed by atoms with E-state index >= 15 is 0 Å². The van der Waals surface area contributed by atoms with Gasteiger partial charge in [0.25, 0.3) is 0 Å². The monoisotopic (exact) mass is 451 g/mol. The van der Waals surface area contributed by atoms with E-state index in [0.717, 1.165) is 30.6 Å². The second-order valence-electron chi connectivity index (χ2n) is 9.91. The minimum Gasteiger partial charge on any atom is -0.352 e. The van der Waals surface area contributed by atoms with Crippen molar-refractivity contribution in [3.05, 3.63) is 65.0 Å². The fourth-order valence-electron chi connectivity index (χ4n) is 5.07. The van der Waals surface area contributed by atoms with Gasteiger partial charge >= 0.3 is 0 Å². The smallest absolute Gasteiger partial charge is 0.228 e. The van der Waals surface area contributed by atoms with Crippen LogP contribution in [0.1, 0.15) is 43.4 Å². The van der Waals surface area contributed by atoms with Gasteiger partial charge in [-0.15, -0.1) is 0 Å². The Hall–Kier alpha value is -2.73. The van der Waals surface area contributed by atoms with Crippen LogP contribution in [-0.2, 0) is 29.0 Å². The van der Waals surface area contributed by atoms with Crippen LogP contribution in [0.5, 0.6) is 0 Å². The zero-order chi connectivity index (χ0) is 23.4. The number of fused-ring (bicyclic) bond motifs is 1. The number of rotatable bonds is 7. The quantitative estimate of drug-likeness (QED) is 0.664. The molecule has 2 amide bonds. The summed E-state index contributed by atoms with van der Waals surface area (Å²) < 4.78 is 13.1. The minimum absolute atomic E-state index is 0.0160. The molecule has 0 spiro atoms. The lowest BCUT2D eigenvalue weighted by Gasteiger charge is -2.37. The molecule has 1 saturated heterocycles. The molecule has 2 aromatic rings. The van der Waals surface area contributed by atoms with Gasteiger partial charge in [0.15, 0.2) is 0 Å². The highest BCUT2D eigenvalue weighted by molar-refractivity contribution is 5.93. The summed E-state index contributed by atoms with van der Waals surface area (Å²) in [6, 6.07) is 12.3. The zero-order valence-electron chi connectivity index (χ0n) is 19.6. The Labute approximate surface area is 195 Å². The van der Waals surface area contributed by atoms with Crippen molar-refractivity contribution in [2.24, 2.45) is 17.8 Å². The van der Waals surface area contributed by atoms with E-state index in [9.17, 15) is 14.0 Å². The predicted octanol–water partition coefficient (Wildman–Crippen LogP) is 4.16. The van der Waals surface area contributed by atoms with Crippen LogP contribution < -0.4 is 10.6 Å². The molecule has 0 bridgehead atoms. The molecule has 2 aromatic carbocycles. The lowest BCUT2D eigenvalue weighted by atomic mass is 9.87. The third-order valence-corrected chi connectivity index (χ3v) is 6.64. The maximum absolute atomic E-state index is 13.2. The number of amides is 2. The van der Waals surface area contributed by atoms with Crippen LogP contribution in [0.25, 0.3) is 0 Å². The third-order valence-electron chi connectivity index (χ3n) is 6.64. The number of carbonyl (C=O) groups is 2. The van der Waals surface area contributed by atoms with Crippen LogP contribution in [0, 0.1) is 23.6 Å². The molecule has 1 fully saturated rings. The third kappa shape index (κ3) is 6.20. The molecule has 33 heavy (non-hydrogen) atoms. The molecule has 4 rings (SSSR count). The van der Waals surface area contributed by atoms with Crippen molar-refractivity contribution in [3.63, 3.8) is 0 Å². The van der Waals surface area contributed by atoms with Gasteiger partial charge in [-0.25, -0.2) is 4.39 Å². The van der Waals surface area contributed by atoms with E-state index in [-0.39, 0.29) is 29.5 Å². The fourth-order valence-corrected chi connectivity index (χ4v) is 5.07. The van der Waals surface area contributed by atoms with E-state index in [4.69, 9.17) is 0 Å². The molecule has 176 valence electrons. The van der Waals surface area contributed by atoms with Crippen LogP contribution in [-0.4, -0.2) is 36.3 Å². The first-order chi connectivity index (χ1) is 15.9. The van der Waals surface area contributed by atoms with Crippen molar-refractivity contribution >= 4 is 17.5 Å². The Morgan fingerprint density at radius 1 is 1.00 bits per heavy atom. The van der Waals surface area contributed by atoms with Gasteiger partial charge in [0.2, 0.25) is 11.8 Å². The molecule has 2 aliphatic rings. The summed E-state index contributed by atoms with van der Waals surface area (Å²) in [6.07, 6.45) is 3.89. The molecule has 0 radical (unpaired) electrons. The Morgan fingerprint density at radius 2 is 1.70 bits per heavy atom. The number of benzene rings is 2. The van der Waals surface area contributed by atoms with Crippen LogP contribution in [0.4, 0.5) is 10.1 Å². The van der Waals surface area contributed by atoms with E-state index in [2.05, 4.69) is 41.5 Å². The number of hydrogen-bond acceptors (Lipinski definition) is 3. The first-order valence-corrected chi connectivity index (χ1v) is 12.0. The van der Waals surface area contributed by atoms with Gasteiger partial charge in [0.05, 0.1) is 11.8 Å². The molecule has 2 N–H and O–H groups in total. The number of halogens is 1. The molecule has 1 heterocycles. The van der Waals surface area contributed by atoms with Crippen LogP contribution in [0.2, 0.25) is 0 Å². The van der Waals surface area contributed by atoms with Crippen molar-refractivity contribution in [1.82, 2.24) is 10.2 Å². The zero-order valence-corrected chi connectivity index (χ0v) is 19.6. The van der Waals surface area contributed by atoms with Crippen molar-refractivity contribution in [2.45, 2.75) is 46.1 Å². The van der Waals surface area contributed by atoms with Gasteiger partial charge in [0.1, 0.15) is 5.82 Å². The second kappa shape index (κ2) is 10.5. The number of piperidine rings is 1. The average molecular weight is 452 g/mol. The Morgan fingerprint density at radius 3 is 2.42 bits per heavy atom. The summed E-state index contributed by atoms with van der Waals surface area (Å²) in [5.41, 5.74) is 4.41. The summed E-state index contributed by atoms with van der Waals surface area (Å²) in [6.45, 7) is 6.82. The van der Waals surface area contributed by atoms with Crippen LogP contribution in [0.15, 0.2) is 42.5 Å². The van der Waals surface area contributed by atoms with Crippen molar-refractivity contribution in [2.75, 3.05) is 25.0 Å². The highest BCUT2D eigenvalue weighted by Gasteiger charge is 2.35. The van der Waals surface area contributed by atoms with Gasteiger partial charge in [0, 0.05) is 31.9 Å². The van der Waals surface area contributed by atoms with Gasteiger partial charge in [-0.05, 0) is 72.6 Å². The number of hydrogen-bond donors (Lipinski definition) is 2. The predicted molar refractivity (Wildman–Crippen MR) is 128 cm³/mol. The number of anilines is 1. The first kappa shape index (κ1) is 23.4. The molecule has 6 heteroatoms. The molecule has 5 nitrogen and oxygen atoms in total. The second-order valence-corrected chi connectivity index (χ2v) is 9.91. The maximum atomic E-state index is 13.2. The number of carbonyl (C=O) groups excluding carboxylic acids is 2. The summed E-state index contributed by atoms with van der Waals surface area (Å²) in [5, 5.41) is 6.08. The summed E-state index contributed by atoms with van der Waals surface area (Å²) in [5.74, 6) is -0.410. The van der Waals surface area contributed by atoms with E-state index < -0.39 is 0 Å². The lowest BCUT2D eigenvalue weighted by Crippen LogP contribution is -2.50. The van der Waals surface area contributed by atoms with Gasteiger partial charge in [-0.1, -0.05) is 32.0 Å². The van der Waals surface area contributed by atoms with E-state index in [0.29, 0.717) is 32.0 Å². The Bertz CT molecular complexity index is 989. The van der Waals surface area contributed by atoms with Crippen molar-refractivity contribution in [1.29, 1.82) is 0 Å². The standard InChI is InChI=1S/C27H34FN3O2/c1-18(2)15-31-16-22(26(32)29-14-19-6-9-24(28)10-7-19)12-23(17-31)27(33)30-25-11-8-20-4-3-5-21(20)13-25/h6-11,13,18,22-23H,3-5,12,14-17H2,1-2H3,(H,29,32)(H,30,33)/t22-,23+/m0/s1. The molecule has 1 aliphatic heterocycles. The van der Waals surface area contributed by atoms with Gasteiger partial charge in [-0.2, -0.15) is 0 Å². The fraction of sp³-hybridized carbons (Fsp3) is 0.481. The molecule has 1 aliphatic carbocycles. The minimum atomic E-state index is -0.293. The number of likely N-dealkylation sites (tertiary alicyclic amines) is 1. The molecule has 0 saturated carbocycles. The van der Waals surface area contributed by atoms with Crippen molar-refractivity contribution < 1.29 is 14.0 Å². The maximum Gasteiger partial charge on any atom is 0.228 e. The highest BCUT2D eigenvalue weighted by Crippen LogP contribution is 2.27. The molecular weight excluding hydrogens is 417 g/mol. The molecule has 0 unspecified atom stereocenters. The van der Waals surface area contributed by atoms with Gasteiger partial charge in [-0.3, -0.25) is 9.59 Å². The lowest BCUT2D eigenvalue weighted by molar-refractivity contribution is -0.130. The summed E-state index contributed by atoms with van der Waals surface area (Å²) >= 11 is 0. The number of aryl methyl sites for hydroxylation is 2. The van der Waals surface area contributed by atoms with E-state index in [1.165, 1.54) is 29.7 Å². The van der Waals surface area contributed by atoms with E-state index in [1.54, 1.807) is 12.1 Å². The van der Waals surface area contributed by atoms with E-state index in [1.807, 2.05) is 6.07 Å². The largest absolute Gasteiger partial charge is 0.352 e. The van der Waals surface area contributed by atoms with Crippen LogP contribution >= 0.6 is 0 Å². The van der Waals surface area contributed by atoms with Gasteiger partial charge < -0.3 is 15.5 Å². The Balaban J connectivity index is 1.40. The number of nitrogens with zero attached hydrogens (tertiary/aromatic N) is 1. The van der Waals surface area contributed by atoms with Crippen molar-refractivity contribution in [3.8, 4) is 0 Å². The summed E-state index contributed by atoms with van der Waals surface area (Å²) in [7, 11) is 0. The topological polar surface area (TPSA) is 61.4 Å². The molecular formula is C27H34FN3O2. The normalized spacial score (nSPS) is 20.5.